The van der Waals surface area contributed by atoms with Crippen LogP contribution in [0.15, 0.2) is 17.9 Å². The Morgan fingerprint density at radius 3 is 2.53 bits per heavy atom. The van der Waals surface area contributed by atoms with E-state index in [-0.39, 0.29) is 12.1 Å². The molecule has 0 aromatic rings. The number of rotatable bonds is 7. The number of unbranched alkanes of at least 4 members (excludes halogenated alkanes) is 1. The smallest absolute Gasteiger partial charge is 0.302 e. The summed E-state index contributed by atoms with van der Waals surface area (Å²) >= 11 is 0. The second kappa shape index (κ2) is 8.31. The highest BCUT2D eigenvalue weighted by molar-refractivity contribution is 5.66. The van der Waals surface area contributed by atoms with Crippen LogP contribution in [0.4, 0.5) is 0 Å². The molecule has 0 aromatic carbocycles. The topological polar surface area (TPSA) is 26.3 Å². The molecule has 0 aliphatic carbocycles. The molecular formula is C13H22O2. The van der Waals surface area contributed by atoms with E-state index in [1.165, 1.54) is 12.5 Å². The van der Waals surface area contributed by atoms with Gasteiger partial charge in [-0.3, -0.25) is 4.79 Å². The SMILES string of the molecule is C=C=C(CCCC)C[C@@H](CC)OC(C)=O. The fraction of sp³-hybridized carbons (Fsp3) is 0.692. The van der Waals surface area contributed by atoms with E-state index in [2.05, 4.69) is 19.2 Å². The predicted molar refractivity (Wildman–Crippen MR) is 62.6 cm³/mol. The lowest BCUT2D eigenvalue weighted by molar-refractivity contribution is -0.146. The molecule has 0 rings (SSSR count). The largest absolute Gasteiger partial charge is 0.462 e. The second-order valence-electron chi connectivity index (χ2n) is 3.73. The highest BCUT2D eigenvalue weighted by Gasteiger charge is 2.11. The summed E-state index contributed by atoms with van der Waals surface area (Å²) in [6, 6.07) is 0. The van der Waals surface area contributed by atoms with E-state index in [0.29, 0.717) is 0 Å². The number of carbonyl (C=O) groups excluding carboxylic acids is 1. The monoisotopic (exact) mass is 210 g/mol. The van der Waals surface area contributed by atoms with Crippen molar-refractivity contribution in [2.75, 3.05) is 0 Å². The van der Waals surface area contributed by atoms with Gasteiger partial charge in [0.2, 0.25) is 0 Å². The van der Waals surface area contributed by atoms with Crippen LogP contribution in [0.25, 0.3) is 0 Å². The summed E-state index contributed by atoms with van der Waals surface area (Å²) in [6.07, 6.45) is 4.93. The molecule has 2 nitrogen and oxygen atoms in total. The molecule has 86 valence electrons. The van der Waals surface area contributed by atoms with Gasteiger partial charge in [-0.15, -0.1) is 5.73 Å². The van der Waals surface area contributed by atoms with Crippen molar-refractivity contribution in [3.05, 3.63) is 17.9 Å². The summed E-state index contributed by atoms with van der Waals surface area (Å²) in [6.45, 7) is 9.31. The van der Waals surface area contributed by atoms with E-state index in [0.717, 1.165) is 32.1 Å². The van der Waals surface area contributed by atoms with Gasteiger partial charge < -0.3 is 4.74 Å². The van der Waals surface area contributed by atoms with Gasteiger partial charge in [-0.05, 0) is 24.8 Å². The van der Waals surface area contributed by atoms with E-state index in [4.69, 9.17) is 4.74 Å². The highest BCUT2D eigenvalue weighted by Crippen LogP contribution is 2.16. The molecule has 0 unspecified atom stereocenters. The molecule has 2 heteroatoms. The van der Waals surface area contributed by atoms with Crippen LogP contribution in [0.2, 0.25) is 0 Å². The zero-order chi connectivity index (χ0) is 11.7. The maximum absolute atomic E-state index is 10.8. The molecule has 0 radical (unpaired) electrons. The van der Waals surface area contributed by atoms with Crippen LogP contribution >= 0.6 is 0 Å². The lowest BCUT2D eigenvalue weighted by Crippen LogP contribution is -2.15. The highest BCUT2D eigenvalue weighted by atomic mass is 16.5. The van der Waals surface area contributed by atoms with Gasteiger partial charge in [0.1, 0.15) is 6.10 Å². The Balaban J connectivity index is 4.13. The average molecular weight is 210 g/mol. The first-order valence-electron chi connectivity index (χ1n) is 5.69. The quantitative estimate of drug-likeness (QED) is 0.474. The molecule has 0 fully saturated rings. The first-order chi connectivity index (χ1) is 7.13. The van der Waals surface area contributed by atoms with E-state index in [1.54, 1.807) is 0 Å². The van der Waals surface area contributed by atoms with Crippen molar-refractivity contribution in [3.63, 3.8) is 0 Å². The van der Waals surface area contributed by atoms with Gasteiger partial charge in [-0.25, -0.2) is 0 Å². The molecular weight excluding hydrogens is 188 g/mol. The fourth-order valence-corrected chi connectivity index (χ4v) is 1.43. The average Bonchev–Trinajstić information content (AvgIpc) is 2.21. The van der Waals surface area contributed by atoms with Crippen LogP contribution in [-0.4, -0.2) is 12.1 Å². The molecule has 0 aliphatic rings. The third kappa shape index (κ3) is 6.98. The van der Waals surface area contributed by atoms with Crippen molar-refractivity contribution in [3.8, 4) is 0 Å². The van der Waals surface area contributed by atoms with Gasteiger partial charge in [-0.2, -0.15) is 0 Å². The Morgan fingerprint density at radius 1 is 1.47 bits per heavy atom. The summed E-state index contributed by atoms with van der Waals surface area (Å²) in [7, 11) is 0. The van der Waals surface area contributed by atoms with Gasteiger partial charge in [0, 0.05) is 13.3 Å². The minimum atomic E-state index is -0.208. The minimum Gasteiger partial charge on any atom is -0.462 e. The molecule has 0 N–H and O–H groups in total. The molecule has 0 saturated heterocycles. The van der Waals surface area contributed by atoms with Crippen molar-refractivity contribution < 1.29 is 9.53 Å². The summed E-state index contributed by atoms with van der Waals surface area (Å²) in [5.41, 5.74) is 4.12. The minimum absolute atomic E-state index is 0.0105. The van der Waals surface area contributed by atoms with Crippen molar-refractivity contribution in [2.24, 2.45) is 0 Å². The van der Waals surface area contributed by atoms with Crippen LogP contribution in [0.3, 0.4) is 0 Å². The Morgan fingerprint density at radius 2 is 2.13 bits per heavy atom. The molecule has 0 amide bonds. The molecule has 0 spiro atoms. The van der Waals surface area contributed by atoms with Gasteiger partial charge in [-0.1, -0.05) is 26.8 Å². The van der Waals surface area contributed by atoms with Crippen molar-refractivity contribution in [1.82, 2.24) is 0 Å². The lowest BCUT2D eigenvalue weighted by Gasteiger charge is -2.15. The number of hydrogen-bond acceptors (Lipinski definition) is 2. The Hall–Kier alpha value is -1.01. The van der Waals surface area contributed by atoms with Gasteiger partial charge in [0.05, 0.1) is 0 Å². The first-order valence-corrected chi connectivity index (χ1v) is 5.69. The number of hydrogen-bond donors (Lipinski definition) is 0. The Labute approximate surface area is 93.0 Å². The fourth-order valence-electron chi connectivity index (χ4n) is 1.43. The van der Waals surface area contributed by atoms with Gasteiger partial charge in [0.25, 0.3) is 0 Å². The van der Waals surface area contributed by atoms with Crippen LogP contribution in [0, 0.1) is 0 Å². The predicted octanol–water partition coefficient (Wildman–Crippen LogP) is 3.62. The van der Waals surface area contributed by atoms with Gasteiger partial charge >= 0.3 is 5.97 Å². The maximum Gasteiger partial charge on any atom is 0.302 e. The van der Waals surface area contributed by atoms with Crippen molar-refractivity contribution >= 4 is 5.97 Å². The Bertz CT molecular complexity index is 237. The second-order valence-corrected chi connectivity index (χ2v) is 3.73. The summed E-state index contributed by atoms with van der Waals surface area (Å²) < 4.78 is 5.18. The van der Waals surface area contributed by atoms with Gasteiger partial charge in [0.15, 0.2) is 0 Å². The number of carbonyl (C=O) groups is 1. The van der Waals surface area contributed by atoms with Crippen LogP contribution in [-0.2, 0) is 9.53 Å². The zero-order valence-corrected chi connectivity index (χ0v) is 10.1. The van der Waals surface area contributed by atoms with Crippen LogP contribution < -0.4 is 0 Å². The molecule has 15 heavy (non-hydrogen) atoms. The summed E-state index contributed by atoms with van der Waals surface area (Å²) in [5, 5.41) is 0. The van der Waals surface area contributed by atoms with Crippen LogP contribution in [0.1, 0.15) is 52.9 Å². The van der Waals surface area contributed by atoms with Crippen LogP contribution in [0.5, 0.6) is 0 Å². The Kier molecular flexibility index (Phi) is 7.75. The number of ether oxygens (including phenoxy) is 1. The van der Waals surface area contributed by atoms with E-state index >= 15 is 0 Å². The van der Waals surface area contributed by atoms with Crippen molar-refractivity contribution in [1.29, 1.82) is 0 Å². The molecule has 0 saturated carbocycles. The third-order valence-electron chi connectivity index (χ3n) is 2.34. The van der Waals surface area contributed by atoms with Crippen molar-refractivity contribution in [2.45, 2.75) is 59.0 Å². The first kappa shape index (κ1) is 14.0. The molecule has 0 aromatic heterocycles. The third-order valence-corrected chi connectivity index (χ3v) is 2.34. The molecule has 0 heterocycles. The van der Waals surface area contributed by atoms with E-state index < -0.39 is 0 Å². The van der Waals surface area contributed by atoms with E-state index in [9.17, 15) is 4.79 Å². The van der Waals surface area contributed by atoms with E-state index in [1.807, 2.05) is 6.92 Å². The molecule has 0 aliphatic heterocycles. The zero-order valence-electron chi connectivity index (χ0n) is 10.1. The lowest BCUT2D eigenvalue weighted by atomic mass is 10.0. The summed E-state index contributed by atoms with van der Waals surface area (Å²) in [5.74, 6) is -0.208. The normalized spacial score (nSPS) is 11.7. The molecule has 0 bridgehead atoms. The molecule has 1 atom stereocenters. The maximum atomic E-state index is 10.8. The summed E-state index contributed by atoms with van der Waals surface area (Å²) in [4.78, 5) is 10.8. The number of esters is 1. The standard InChI is InChI=1S/C13H22O2/c1-5-8-9-12(6-2)10-13(7-3)15-11(4)14/h13H,2,5,7-10H2,1,3-4H3/t13-/m1/s1.